The molecule has 8 heteroatoms. The molecule has 0 saturated heterocycles. The third kappa shape index (κ3) is 3.57. The summed E-state index contributed by atoms with van der Waals surface area (Å²) < 4.78 is 15.5. The van der Waals surface area contributed by atoms with Gasteiger partial charge in [0.1, 0.15) is 6.26 Å². The first-order valence-electron chi connectivity index (χ1n) is 6.95. The van der Waals surface area contributed by atoms with E-state index in [1.165, 1.54) is 6.26 Å². The first-order chi connectivity index (χ1) is 11.0. The number of aromatic nitrogens is 1. The Hall–Kier alpha value is -2.25. The van der Waals surface area contributed by atoms with Crippen molar-refractivity contribution in [1.82, 2.24) is 10.1 Å². The number of aliphatic carboxylic acids is 1. The van der Waals surface area contributed by atoms with Crippen LogP contribution in [0, 0.1) is 6.92 Å². The highest BCUT2D eigenvalue weighted by Gasteiger charge is 2.20. The fourth-order valence-corrected chi connectivity index (χ4v) is 2.72. The summed E-state index contributed by atoms with van der Waals surface area (Å²) in [5, 5.41) is 13.4. The number of rotatable bonds is 6. The van der Waals surface area contributed by atoms with Crippen LogP contribution < -0.4 is 9.47 Å². The van der Waals surface area contributed by atoms with Crippen LogP contribution in [0.5, 0.6) is 11.5 Å². The van der Waals surface area contributed by atoms with E-state index in [1.54, 1.807) is 11.0 Å². The molecule has 1 aromatic heterocycles. The first kappa shape index (κ1) is 15.6. The Balaban J connectivity index is 1.79. The summed E-state index contributed by atoms with van der Waals surface area (Å²) in [7, 11) is 0. The quantitative estimate of drug-likeness (QED) is 0.865. The number of nitrogens with zero attached hydrogens (tertiary/aromatic N) is 2. The molecule has 23 heavy (non-hydrogen) atoms. The minimum absolute atomic E-state index is 0.114. The van der Waals surface area contributed by atoms with Crippen LogP contribution in [-0.4, -0.2) is 34.5 Å². The zero-order valence-electron chi connectivity index (χ0n) is 12.4. The van der Waals surface area contributed by atoms with Crippen molar-refractivity contribution in [2.24, 2.45) is 0 Å². The van der Waals surface area contributed by atoms with Gasteiger partial charge in [0.15, 0.2) is 11.5 Å². The summed E-state index contributed by atoms with van der Waals surface area (Å²) in [4.78, 5) is 12.9. The van der Waals surface area contributed by atoms with Crippen molar-refractivity contribution in [2.45, 2.75) is 20.0 Å². The molecule has 2 heterocycles. The molecule has 122 valence electrons. The number of carboxylic acids is 1. The Morgan fingerprint density at radius 2 is 2.22 bits per heavy atom. The predicted octanol–water partition coefficient (Wildman–Crippen LogP) is 2.45. The summed E-state index contributed by atoms with van der Waals surface area (Å²) >= 11 is 6.17. The second-order valence-corrected chi connectivity index (χ2v) is 5.68. The van der Waals surface area contributed by atoms with Crippen molar-refractivity contribution in [3.8, 4) is 11.5 Å². The molecule has 0 amide bonds. The molecular formula is C15H15ClN2O5. The second-order valence-electron chi connectivity index (χ2n) is 5.28. The van der Waals surface area contributed by atoms with Gasteiger partial charge in [-0.15, -0.1) is 0 Å². The van der Waals surface area contributed by atoms with Crippen LogP contribution in [0.25, 0.3) is 0 Å². The lowest BCUT2D eigenvalue weighted by Crippen LogP contribution is -2.29. The van der Waals surface area contributed by atoms with Crippen LogP contribution in [0.3, 0.4) is 0 Å². The minimum atomic E-state index is -0.911. The summed E-state index contributed by atoms with van der Waals surface area (Å²) in [6, 6.07) is 3.56. The van der Waals surface area contributed by atoms with E-state index in [0.29, 0.717) is 29.6 Å². The van der Waals surface area contributed by atoms with Gasteiger partial charge in [-0.3, -0.25) is 9.69 Å². The Morgan fingerprint density at radius 1 is 1.39 bits per heavy atom. The predicted molar refractivity (Wildman–Crippen MR) is 80.6 cm³/mol. The third-order valence-electron chi connectivity index (χ3n) is 3.50. The highest BCUT2D eigenvalue weighted by atomic mass is 35.5. The number of ether oxygens (including phenoxy) is 2. The largest absolute Gasteiger partial charge is 0.480 e. The van der Waals surface area contributed by atoms with E-state index in [9.17, 15) is 4.79 Å². The number of hydrogen-bond acceptors (Lipinski definition) is 6. The highest BCUT2D eigenvalue weighted by Crippen LogP contribution is 2.40. The molecule has 0 spiro atoms. The van der Waals surface area contributed by atoms with Gasteiger partial charge in [-0.1, -0.05) is 16.8 Å². The maximum atomic E-state index is 11.1. The lowest BCUT2D eigenvalue weighted by atomic mass is 10.1. The van der Waals surface area contributed by atoms with Crippen molar-refractivity contribution in [2.75, 3.05) is 13.3 Å². The lowest BCUT2D eigenvalue weighted by molar-refractivity contribution is -0.138. The van der Waals surface area contributed by atoms with E-state index in [-0.39, 0.29) is 13.3 Å². The zero-order valence-corrected chi connectivity index (χ0v) is 13.2. The van der Waals surface area contributed by atoms with Crippen LogP contribution in [-0.2, 0) is 17.9 Å². The summed E-state index contributed by atoms with van der Waals surface area (Å²) in [6.07, 6.45) is 1.52. The molecule has 7 nitrogen and oxygen atoms in total. The van der Waals surface area contributed by atoms with Gasteiger partial charge in [-0.05, 0) is 24.6 Å². The molecule has 3 rings (SSSR count). The summed E-state index contributed by atoms with van der Waals surface area (Å²) in [5.74, 6) is 0.185. The molecule has 0 radical (unpaired) electrons. The molecule has 0 unspecified atom stereocenters. The molecule has 1 aliphatic heterocycles. The third-order valence-corrected chi connectivity index (χ3v) is 3.78. The van der Waals surface area contributed by atoms with Gasteiger partial charge in [0.25, 0.3) is 0 Å². The Kier molecular flexibility index (Phi) is 4.40. The number of hydrogen-bond donors (Lipinski definition) is 1. The molecule has 2 aromatic rings. The second kappa shape index (κ2) is 6.47. The van der Waals surface area contributed by atoms with Gasteiger partial charge in [0.05, 0.1) is 17.3 Å². The molecule has 1 aromatic carbocycles. The molecule has 0 saturated carbocycles. The van der Waals surface area contributed by atoms with E-state index >= 15 is 0 Å². The molecule has 1 aliphatic rings. The smallest absolute Gasteiger partial charge is 0.317 e. The average molecular weight is 339 g/mol. The molecule has 1 N–H and O–H groups in total. The Labute approximate surface area is 137 Å². The van der Waals surface area contributed by atoms with Crippen LogP contribution in [0.2, 0.25) is 5.02 Å². The Bertz CT molecular complexity index is 731. The van der Waals surface area contributed by atoms with Gasteiger partial charge < -0.3 is 19.1 Å². The number of carbonyl (C=O) groups is 1. The normalized spacial score (nSPS) is 12.8. The van der Waals surface area contributed by atoms with Gasteiger partial charge in [-0.25, -0.2) is 0 Å². The SMILES string of the molecule is Cc1nocc1CN(CC(=O)O)Cc1cc(Cl)c2c(c1)OCO2. The summed E-state index contributed by atoms with van der Waals surface area (Å²) in [5.41, 5.74) is 2.43. The number of halogens is 1. The Morgan fingerprint density at radius 3 is 2.91 bits per heavy atom. The van der Waals surface area contributed by atoms with Crippen molar-refractivity contribution in [1.29, 1.82) is 0 Å². The van der Waals surface area contributed by atoms with E-state index < -0.39 is 5.97 Å². The van der Waals surface area contributed by atoms with Crippen LogP contribution >= 0.6 is 11.6 Å². The van der Waals surface area contributed by atoms with Crippen molar-refractivity contribution < 1.29 is 23.9 Å². The van der Waals surface area contributed by atoms with Gasteiger partial charge in [0.2, 0.25) is 6.79 Å². The first-order valence-corrected chi connectivity index (χ1v) is 7.32. The number of carboxylic acid groups (broad SMARTS) is 1. The van der Waals surface area contributed by atoms with Crippen LogP contribution in [0.4, 0.5) is 0 Å². The standard InChI is InChI=1S/C15H15ClN2O5/c1-9-11(7-23-17-9)5-18(6-14(19)20)4-10-2-12(16)15-13(3-10)21-8-22-15/h2-3,7H,4-6,8H2,1H3,(H,19,20). The van der Waals surface area contributed by atoms with Crippen molar-refractivity contribution >= 4 is 17.6 Å². The van der Waals surface area contributed by atoms with Gasteiger partial charge >= 0.3 is 5.97 Å². The van der Waals surface area contributed by atoms with E-state index in [1.807, 2.05) is 13.0 Å². The maximum absolute atomic E-state index is 11.1. The van der Waals surface area contributed by atoms with Gasteiger partial charge in [0, 0.05) is 18.7 Å². The van der Waals surface area contributed by atoms with Crippen LogP contribution in [0.15, 0.2) is 22.9 Å². The highest BCUT2D eigenvalue weighted by molar-refractivity contribution is 6.32. The fourth-order valence-electron chi connectivity index (χ4n) is 2.43. The topological polar surface area (TPSA) is 85.0 Å². The lowest BCUT2D eigenvalue weighted by Gasteiger charge is -2.20. The zero-order chi connectivity index (χ0) is 16.4. The molecular weight excluding hydrogens is 324 g/mol. The van der Waals surface area contributed by atoms with E-state index in [2.05, 4.69) is 5.16 Å². The van der Waals surface area contributed by atoms with Gasteiger partial charge in [-0.2, -0.15) is 0 Å². The number of benzene rings is 1. The van der Waals surface area contributed by atoms with Crippen LogP contribution in [0.1, 0.15) is 16.8 Å². The number of fused-ring (bicyclic) bond motifs is 1. The van der Waals surface area contributed by atoms with E-state index in [0.717, 1.165) is 16.8 Å². The molecule has 0 bridgehead atoms. The van der Waals surface area contributed by atoms with Crippen molar-refractivity contribution in [3.63, 3.8) is 0 Å². The monoisotopic (exact) mass is 338 g/mol. The fraction of sp³-hybridized carbons (Fsp3) is 0.333. The van der Waals surface area contributed by atoms with E-state index in [4.69, 9.17) is 30.7 Å². The van der Waals surface area contributed by atoms with Crippen molar-refractivity contribution in [3.05, 3.63) is 40.2 Å². The summed E-state index contributed by atoms with van der Waals surface area (Å²) in [6.45, 7) is 2.64. The average Bonchev–Trinajstić information content (AvgIpc) is 3.08. The molecule has 0 fully saturated rings. The molecule has 0 aliphatic carbocycles. The minimum Gasteiger partial charge on any atom is -0.480 e. The molecule has 0 atom stereocenters. The maximum Gasteiger partial charge on any atom is 0.317 e. The number of aryl methyl sites for hydroxylation is 1.